The lowest BCUT2D eigenvalue weighted by molar-refractivity contribution is 0.169. The summed E-state index contributed by atoms with van der Waals surface area (Å²) < 4.78 is 7.62. The first-order valence-corrected chi connectivity index (χ1v) is 6.60. The highest BCUT2D eigenvalue weighted by atomic mass is 16.5. The van der Waals surface area contributed by atoms with Crippen LogP contribution in [0.15, 0.2) is 6.20 Å². The van der Waals surface area contributed by atoms with Crippen LogP contribution >= 0.6 is 0 Å². The van der Waals surface area contributed by atoms with Crippen LogP contribution in [0.3, 0.4) is 0 Å². The van der Waals surface area contributed by atoms with Crippen LogP contribution in [-0.4, -0.2) is 23.2 Å². The number of ether oxygens (including phenoxy) is 1. The molecule has 1 aliphatic rings. The molecule has 1 fully saturated rings. The molecule has 1 saturated carbocycles. The number of hydrogen-bond acceptors (Lipinski definition) is 3. The van der Waals surface area contributed by atoms with Gasteiger partial charge in [-0.2, -0.15) is 0 Å². The molecule has 0 spiro atoms. The van der Waals surface area contributed by atoms with Gasteiger partial charge >= 0.3 is 0 Å². The Kier molecular flexibility index (Phi) is 4.57. The minimum atomic E-state index is 0.598. The van der Waals surface area contributed by atoms with Crippen molar-refractivity contribution in [2.45, 2.75) is 51.2 Å². The van der Waals surface area contributed by atoms with E-state index < -0.39 is 0 Å². The molecule has 1 heterocycles. The van der Waals surface area contributed by atoms with Crippen molar-refractivity contribution < 1.29 is 4.74 Å². The molecule has 0 unspecified atom stereocenters. The van der Waals surface area contributed by atoms with Crippen LogP contribution in [0, 0.1) is 0 Å². The van der Waals surface area contributed by atoms with Gasteiger partial charge in [-0.15, -0.1) is 0 Å². The minimum Gasteiger partial charge on any atom is -0.377 e. The average molecular weight is 237 g/mol. The van der Waals surface area contributed by atoms with Gasteiger partial charge in [0.25, 0.3) is 0 Å². The molecule has 4 heteroatoms. The maximum Gasteiger partial charge on any atom is 0.135 e. The van der Waals surface area contributed by atoms with Gasteiger partial charge < -0.3 is 15.0 Å². The Morgan fingerprint density at radius 1 is 1.41 bits per heavy atom. The first-order valence-electron chi connectivity index (χ1n) is 6.60. The van der Waals surface area contributed by atoms with Crippen LogP contribution in [0.2, 0.25) is 0 Å². The fourth-order valence-electron chi connectivity index (χ4n) is 2.79. The number of aromatic nitrogens is 2. The van der Waals surface area contributed by atoms with Crippen molar-refractivity contribution >= 4 is 0 Å². The number of imidazole rings is 1. The van der Waals surface area contributed by atoms with Crippen molar-refractivity contribution in [2.75, 3.05) is 13.7 Å². The molecule has 1 aromatic heterocycles. The van der Waals surface area contributed by atoms with E-state index in [-0.39, 0.29) is 0 Å². The van der Waals surface area contributed by atoms with Crippen molar-refractivity contribution in [3.05, 3.63) is 17.7 Å². The largest absolute Gasteiger partial charge is 0.377 e. The molecule has 0 atom stereocenters. The summed E-state index contributed by atoms with van der Waals surface area (Å²) in [5, 5.41) is 0. The summed E-state index contributed by atoms with van der Waals surface area (Å²) in [7, 11) is 1.72. The maximum atomic E-state index is 5.67. The van der Waals surface area contributed by atoms with Crippen LogP contribution in [0.4, 0.5) is 0 Å². The molecule has 0 aromatic carbocycles. The third-order valence-electron chi connectivity index (χ3n) is 3.56. The molecule has 1 aromatic rings. The summed E-state index contributed by atoms with van der Waals surface area (Å²) in [6, 6.07) is 0.609. The quantitative estimate of drug-likeness (QED) is 0.852. The standard InChI is InChI=1S/C13H23N3O/c1-17-10-13-15-9-12(7-8-14)16(13)11-5-3-2-4-6-11/h9,11H,2-8,10,14H2,1H3. The normalized spacial score (nSPS) is 17.5. The first kappa shape index (κ1) is 12.6. The van der Waals surface area contributed by atoms with Gasteiger partial charge in [-0.3, -0.25) is 0 Å². The zero-order valence-electron chi connectivity index (χ0n) is 10.7. The molecule has 0 bridgehead atoms. The second-order valence-corrected chi connectivity index (χ2v) is 4.80. The fourth-order valence-corrected chi connectivity index (χ4v) is 2.79. The monoisotopic (exact) mass is 237 g/mol. The molecule has 2 rings (SSSR count). The Labute approximate surface area is 103 Å². The van der Waals surface area contributed by atoms with Gasteiger partial charge in [0.05, 0.1) is 0 Å². The smallest absolute Gasteiger partial charge is 0.135 e. The fraction of sp³-hybridized carbons (Fsp3) is 0.769. The van der Waals surface area contributed by atoms with E-state index >= 15 is 0 Å². The van der Waals surface area contributed by atoms with Crippen LogP contribution in [0.1, 0.15) is 49.7 Å². The van der Waals surface area contributed by atoms with Crippen LogP contribution in [0.5, 0.6) is 0 Å². The van der Waals surface area contributed by atoms with Gasteiger partial charge in [-0.05, 0) is 19.4 Å². The molecule has 0 saturated heterocycles. The van der Waals surface area contributed by atoms with Gasteiger partial charge in [0.2, 0.25) is 0 Å². The summed E-state index contributed by atoms with van der Waals surface area (Å²) in [6.07, 6.45) is 9.45. The highest BCUT2D eigenvalue weighted by molar-refractivity contribution is 5.08. The van der Waals surface area contributed by atoms with E-state index in [4.69, 9.17) is 10.5 Å². The highest BCUT2D eigenvalue weighted by Crippen LogP contribution is 2.30. The molecule has 0 radical (unpaired) electrons. The third-order valence-corrected chi connectivity index (χ3v) is 3.56. The average Bonchev–Trinajstić information content (AvgIpc) is 2.74. The lowest BCUT2D eigenvalue weighted by Crippen LogP contribution is -2.19. The van der Waals surface area contributed by atoms with Gasteiger partial charge in [0, 0.05) is 31.5 Å². The van der Waals surface area contributed by atoms with E-state index in [1.54, 1.807) is 7.11 Å². The summed E-state index contributed by atoms with van der Waals surface area (Å²) in [5.74, 6) is 1.06. The lowest BCUT2D eigenvalue weighted by atomic mass is 9.95. The summed E-state index contributed by atoms with van der Waals surface area (Å²) >= 11 is 0. The van der Waals surface area contributed by atoms with Gasteiger partial charge in [0.1, 0.15) is 12.4 Å². The Hall–Kier alpha value is -0.870. The second kappa shape index (κ2) is 6.17. The zero-order valence-corrected chi connectivity index (χ0v) is 10.7. The van der Waals surface area contributed by atoms with E-state index in [0.29, 0.717) is 19.2 Å². The van der Waals surface area contributed by atoms with E-state index in [1.165, 1.54) is 37.8 Å². The predicted molar refractivity (Wildman–Crippen MR) is 67.8 cm³/mol. The Morgan fingerprint density at radius 3 is 2.82 bits per heavy atom. The number of methoxy groups -OCH3 is 1. The molecule has 2 N–H and O–H groups in total. The van der Waals surface area contributed by atoms with E-state index in [2.05, 4.69) is 9.55 Å². The van der Waals surface area contributed by atoms with Crippen molar-refractivity contribution in [3.8, 4) is 0 Å². The summed E-state index contributed by atoms with van der Waals surface area (Å²) in [6.45, 7) is 1.28. The maximum absolute atomic E-state index is 5.67. The minimum absolute atomic E-state index is 0.598. The second-order valence-electron chi connectivity index (χ2n) is 4.80. The molecule has 96 valence electrons. The molecule has 1 aliphatic carbocycles. The number of nitrogens with two attached hydrogens (primary N) is 1. The van der Waals surface area contributed by atoms with Crippen molar-refractivity contribution in [3.63, 3.8) is 0 Å². The van der Waals surface area contributed by atoms with Crippen molar-refractivity contribution in [1.82, 2.24) is 9.55 Å². The molecule has 17 heavy (non-hydrogen) atoms. The SMILES string of the molecule is COCc1ncc(CCN)n1C1CCCCC1. The van der Waals surface area contributed by atoms with Crippen LogP contribution < -0.4 is 5.73 Å². The van der Waals surface area contributed by atoms with E-state index in [9.17, 15) is 0 Å². The Morgan fingerprint density at radius 2 is 2.18 bits per heavy atom. The Bertz CT molecular complexity index is 319. The predicted octanol–water partition coefficient (Wildman–Crippen LogP) is 2.04. The topological polar surface area (TPSA) is 53.1 Å². The van der Waals surface area contributed by atoms with Crippen molar-refractivity contribution in [2.24, 2.45) is 5.73 Å². The molecule has 0 amide bonds. The number of rotatable bonds is 5. The lowest BCUT2D eigenvalue weighted by Gasteiger charge is -2.26. The van der Waals surface area contributed by atoms with Crippen LogP contribution in [-0.2, 0) is 17.8 Å². The van der Waals surface area contributed by atoms with E-state index in [1.807, 2.05) is 6.20 Å². The van der Waals surface area contributed by atoms with E-state index in [0.717, 1.165) is 12.2 Å². The zero-order chi connectivity index (χ0) is 12.1. The summed E-state index contributed by atoms with van der Waals surface area (Å²) in [5.41, 5.74) is 6.94. The first-order chi connectivity index (χ1) is 8.36. The number of hydrogen-bond donors (Lipinski definition) is 1. The van der Waals surface area contributed by atoms with Crippen LogP contribution in [0.25, 0.3) is 0 Å². The molecule has 0 aliphatic heterocycles. The molecule has 4 nitrogen and oxygen atoms in total. The van der Waals surface area contributed by atoms with Gasteiger partial charge in [0.15, 0.2) is 0 Å². The molecular weight excluding hydrogens is 214 g/mol. The summed E-state index contributed by atoms with van der Waals surface area (Å²) in [4.78, 5) is 4.48. The van der Waals surface area contributed by atoms with Gasteiger partial charge in [-0.1, -0.05) is 19.3 Å². The number of nitrogens with zero attached hydrogens (tertiary/aromatic N) is 2. The van der Waals surface area contributed by atoms with Gasteiger partial charge in [-0.25, -0.2) is 4.98 Å². The Balaban J connectivity index is 2.22. The third kappa shape index (κ3) is 2.87. The van der Waals surface area contributed by atoms with Crippen molar-refractivity contribution in [1.29, 1.82) is 0 Å². The highest BCUT2D eigenvalue weighted by Gasteiger charge is 2.20. The molecular formula is C13H23N3O.